The van der Waals surface area contributed by atoms with Gasteiger partial charge in [0.2, 0.25) is 0 Å². The van der Waals surface area contributed by atoms with Gasteiger partial charge in [0.1, 0.15) is 5.76 Å². The van der Waals surface area contributed by atoms with Crippen molar-refractivity contribution in [3.63, 3.8) is 0 Å². The fraction of sp³-hybridized carbons (Fsp3) is 0.556. The second kappa shape index (κ2) is 8.01. The van der Waals surface area contributed by atoms with Crippen LogP contribution in [0.3, 0.4) is 0 Å². The lowest BCUT2D eigenvalue weighted by molar-refractivity contribution is -0.151. The third-order valence-corrected chi connectivity index (χ3v) is 5.31. The van der Waals surface area contributed by atoms with Crippen molar-refractivity contribution in [3.8, 4) is 0 Å². The highest BCUT2D eigenvalue weighted by atomic mass is 79.9. The summed E-state index contributed by atoms with van der Waals surface area (Å²) in [7, 11) is 0. The molecule has 130 valence electrons. The lowest BCUT2D eigenvalue weighted by Gasteiger charge is -2.44. The van der Waals surface area contributed by atoms with E-state index in [4.69, 9.17) is 9.15 Å². The van der Waals surface area contributed by atoms with E-state index < -0.39 is 5.97 Å². The Morgan fingerprint density at radius 2 is 2.04 bits per heavy atom. The number of furan rings is 1. The molecule has 1 amide bonds. The molecule has 6 heteroatoms. The number of hydrogen-bond acceptors (Lipinski definition) is 4. The van der Waals surface area contributed by atoms with Crippen molar-refractivity contribution in [2.24, 2.45) is 5.92 Å². The maximum absolute atomic E-state index is 12.4. The van der Waals surface area contributed by atoms with Crippen LogP contribution in [0.4, 0.5) is 0 Å². The number of fused-ring (bicyclic) bond motifs is 1. The summed E-state index contributed by atoms with van der Waals surface area (Å²) in [5.74, 6) is 0.567. The van der Waals surface area contributed by atoms with Gasteiger partial charge >= 0.3 is 5.97 Å². The SMILES string of the molecule is O=C(/C=C/c1ccc(Br)o1)OCC(=O)N1CCC[C@@H]2CCCC[C@@H]21. The molecule has 2 heterocycles. The molecule has 2 atom stereocenters. The third-order valence-electron chi connectivity index (χ3n) is 4.88. The first-order valence-electron chi connectivity index (χ1n) is 8.53. The molecule has 5 nitrogen and oxygen atoms in total. The standard InChI is InChI=1S/C18H22BrNO4/c19-16-9-7-14(24-16)8-10-18(22)23-12-17(21)20-11-3-5-13-4-1-2-6-15(13)20/h7-10,13,15H,1-6,11-12H2/b10-8+/t13-,15-/m0/s1. The molecule has 1 aliphatic heterocycles. The fourth-order valence-corrected chi connectivity index (χ4v) is 4.09. The normalized spacial score (nSPS) is 24.0. The average Bonchev–Trinajstić information content (AvgIpc) is 3.02. The molecule has 2 fully saturated rings. The minimum absolute atomic E-state index is 0.0749. The molecule has 1 saturated carbocycles. The monoisotopic (exact) mass is 395 g/mol. The lowest BCUT2D eigenvalue weighted by atomic mass is 9.78. The van der Waals surface area contributed by atoms with E-state index in [0.29, 0.717) is 22.4 Å². The van der Waals surface area contributed by atoms with Gasteiger partial charge in [-0.2, -0.15) is 0 Å². The molecule has 1 aromatic rings. The fourth-order valence-electron chi connectivity index (χ4n) is 3.77. The van der Waals surface area contributed by atoms with E-state index >= 15 is 0 Å². The van der Waals surface area contributed by atoms with Gasteiger partial charge in [0.25, 0.3) is 5.91 Å². The molecular weight excluding hydrogens is 374 g/mol. The van der Waals surface area contributed by atoms with E-state index in [1.807, 2.05) is 4.90 Å². The number of amides is 1. The number of rotatable bonds is 4. The predicted molar refractivity (Wildman–Crippen MR) is 93.1 cm³/mol. The predicted octanol–water partition coefficient (Wildman–Crippen LogP) is 3.78. The molecule has 3 rings (SSSR count). The number of carbonyl (C=O) groups excluding carboxylic acids is 2. The van der Waals surface area contributed by atoms with Crippen LogP contribution < -0.4 is 0 Å². The van der Waals surface area contributed by atoms with Crippen molar-refractivity contribution in [1.29, 1.82) is 0 Å². The topological polar surface area (TPSA) is 59.8 Å². The van der Waals surface area contributed by atoms with E-state index in [1.165, 1.54) is 37.8 Å². The highest BCUT2D eigenvalue weighted by Gasteiger charge is 2.35. The molecular formula is C18H22BrNO4. The maximum atomic E-state index is 12.4. The number of esters is 1. The van der Waals surface area contributed by atoms with E-state index in [1.54, 1.807) is 12.1 Å². The average molecular weight is 396 g/mol. The highest BCUT2D eigenvalue weighted by Crippen LogP contribution is 2.35. The first-order valence-corrected chi connectivity index (χ1v) is 9.32. The smallest absolute Gasteiger partial charge is 0.331 e. The van der Waals surface area contributed by atoms with Crippen LogP contribution in [0.25, 0.3) is 6.08 Å². The van der Waals surface area contributed by atoms with Crippen LogP contribution >= 0.6 is 15.9 Å². The molecule has 2 aliphatic rings. The Bertz CT molecular complexity index is 622. The van der Waals surface area contributed by atoms with Crippen LogP contribution in [-0.4, -0.2) is 36.0 Å². The molecule has 0 spiro atoms. The van der Waals surface area contributed by atoms with Gasteiger partial charge in [-0.1, -0.05) is 12.8 Å². The molecule has 1 saturated heterocycles. The summed E-state index contributed by atoms with van der Waals surface area (Å²) in [6, 6.07) is 3.82. The van der Waals surface area contributed by atoms with E-state index in [2.05, 4.69) is 15.9 Å². The van der Waals surface area contributed by atoms with Crippen LogP contribution in [0.1, 0.15) is 44.3 Å². The van der Waals surface area contributed by atoms with Crippen LogP contribution in [0, 0.1) is 5.92 Å². The van der Waals surface area contributed by atoms with Gasteiger partial charge in [-0.15, -0.1) is 0 Å². The Balaban J connectivity index is 1.49. The van der Waals surface area contributed by atoms with Gasteiger partial charge in [-0.25, -0.2) is 4.79 Å². The van der Waals surface area contributed by atoms with Crippen LogP contribution in [-0.2, 0) is 14.3 Å². The zero-order valence-electron chi connectivity index (χ0n) is 13.6. The van der Waals surface area contributed by atoms with E-state index in [-0.39, 0.29) is 12.5 Å². The molecule has 0 bridgehead atoms. The molecule has 1 aliphatic carbocycles. The number of hydrogen-bond donors (Lipinski definition) is 0. The summed E-state index contributed by atoms with van der Waals surface area (Å²) in [5.41, 5.74) is 0. The minimum Gasteiger partial charge on any atom is -0.452 e. The number of ether oxygens (including phenoxy) is 1. The van der Waals surface area contributed by atoms with Gasteiger partial charge in [0.15, 0.2) is 11.3 Å². The first-order chi connectivity index (χ1) is 11.6. The number of halogens is 1. The highest BCUT2D eigenvalue weighted by molar-refractivity contribution is 9.10. The van der Waals surface area contributed by atoms with Crippen molar-refractivity contribution in [2.75, 3.05) is 13.2 Å². The van der Waals surface area contributed by atoms with Crippen LogP contribution in [0.2, 0.25) is 0 Å². The summed E-state index contributed by atoms with van der Waals surface area (Å²) in [4.78, 5) is 26.1. The first kappa shape index (κ1) is 17.3. The molecule has 24 heavy (non-hydrogen) atoms. The van der Waals surface area contributed by atoms with Gasteiger partial charge in [-0.3, -0.25) is 4.79 Å². The second-order valence-corrected chi connectivity index (χ2v) is 7.21. The molecule has 1 aromatic heterocycles. The van der Waals surface area contributed by atoms with Crippen molar-refractivity contribution in [2.45, 2.75) is 44.6 Å². The summed E-state index contributed by atoms with van der Waals surface area (Å²) in [5, 5.41) is 0. The number of likely N-dealkylation sites (tertiary alicyclic amines) is 1. The van der Waals surface area contributed by atoms with Crippen molar-refractivity contribution in [3.05, 3.63) is 28.6 Å². The number of carbonyl (C=O) groups is 2. The second-order valence-electron chi connectivity index (χ2n) is 6.42. The zero-order valence-corrected chi connectivity index (χ0v) is 15.2. The van der Waals surface area contributed by atoms with Crippen LogP contribution in [0.5, 0.6) is 0 Å². The summed E-state index contributed by atoms with van der Waals surface area (Å²) in [6.45, 7) is 0.599. The van der Waals surface area contributed by atoms with Crippen LogP contribution in [0.15, 0.2) is 27.3 Å². The van der Waals surface area contributed by atoms with E-state index in [0.717, 1.165) is 19.4 Å². The van der Waals surface area contributed by atoms with Gasteiger partial charge in [0.05, 0.1) is 0 Å². The Hall–Kier alpha value is -1.56. The molecule has 0 N–H and O–H groups in total. The number of piperidine rings is 1. The molecule has 0 radical (unpaired) electrons. The summed E-state index contributed by atoms with van der Waals surface area (Å²) >= 11 is 3.19. The van der Waals surface area contributed by atoms with Gasteiger partial charge in [0, 0.05) is 18.7 Å². The molecule has 0 aromatic carbocycles. The van der Waals surface area contributed by atoms with Gasteiger partial charge < -0.3 is 14.1 Å². The van der Waals surface area contributed by atoms with Crippen molar-refractivity contribution in [1.82, 2.24) is 4.90 Å². The zero-order chi connectivity index (χ0) is 16.9. The lowest BCUT2D eigenvalue weighted by Crippen LogP contribution is -2.50. The third kappa shape index (κ3) is 4.29. The van der Waals surface area contributed by atoms with Crippen molar-refractivity contribution >= 4 is 33.9 Å². The minimum atomic E-state index is -0.534. The summed E-state index contributed by atoms with van der Waals surface area (Å²) < 4.78 is 11.0. The van der Waals surface area contributed by atoms with Gasteiger partial charge in [-0.05, 0) is 65.7 Å². The molecule has 0 unspecified atom stereocenters. The largest absolute Gasteiger partial charge is 0.452 e. The summed E-state index contributed by atoms with van der Waals surface area (Å²) in [6.07, 6.45) is 9.82. The Morgan fingerprint density at radius 3 is 2.83 bits per heavy atom. The van der Waals surface area contributed by atoms with Crippen molar-refractivity contribution < 1.29 is 18.7 Å². The maximum Gasteiger partial charge on any atom is 0.331 e. The quantitative estimate of drug-likeness (QED) is 0.574. The number of nitrogens with zero attached hydrogens (tertiary/aromatic N) is 1. The Labute approximate surface area is 150 Å². The Kier molecular flexibility index (Phi) is 5.76. The van der Waals surface area contributed by atoms with E-state index in [9.17, 15) is 9.59 Å². The Morgan fingerprint density at radius 1 is 1.25 bits per heavy atom.